The highest BCUT2D eigenvalue weighted by Gasteiger charge is 2.15. The van der Waals surface area contributed by atoms with Gasteiger partial charge in [0.15, 0.2) is 6.61 Å². The summed E-state index contributed by atoms with van der Waals surface area (Å²) in [5.74, 6) is -1.11. The monoisotopic (exact) mass is 388 g/mol. The van der Waals surface area contributed by atoms with E-state index in [1.807, 2.05) is 18.2 Å². The second kappa shape index (κ2) is 7.72. The molecule has 0 radical (unpaired) electrons. The molecule has 1 aromatic heterocycles. The quantitative estimate of drug-likeness (QED) is 0.660. The lowest BCUT2D eigenvalue weighted by Crippen LogP contribution is -2.21. The minimum absolute atomic E-state index is 0.338. The third-order valence-corrected chi connectivity index (χ3v) is 4.17. The molecule has 0 unspecified atom stereocenters. The summed E-state index contributed by atoms with van der Waals surface area (Å²) in [5, 5.41) is 4.00. The maximum Gasteiger partial charge on any atom is 0.339 e. The third kappa shape index (κ3) is 4.12. The molecular formula is C19H14Cl2N2O3. The van der Waals surface area contributed by atoms with E-state index in [0.717, 1.165) is 0 Å². The van der Waals surface area contributed by atoms with Crippen LogP contribution in [0.3, 0.4) is 0 Å². The molecule has 0 saturated heterocycles. The van der Waals surface area contributed by atoms with Crippen molar-refractivity contribution in [1.82, 2.24) is 4.98 Å². The van der Waals surface area contributed by atoms with Gasteiger partial charge in [-0.3, -0.25) is 9.78 Å². The molecule has 2 aromatic carbocycles. The molecule has 5 nitrogen and oxygen atoms in total. The Labute approximate surface area is 159 Å². The van der Waals surface area contributed by atoms with E-state index < -0.39 is 18.5 Å². The van der Waals surface area contributed by atoms with E-state index in [1.165, 1.54) is 6.07 Å². The van der Waals surface area contributed by atoms with Crippen LogP contribution in [0.2, 0.25) is 10.0 Å². The van der Waals surface area contributed by atoms with Crippen LogP contribution in [0.25, 0.3) is 10.9 Å². The Bertz CT molecular complexity index is 1010. The van der Waals surface area contributed by atoms with E-state index >= 15 is 0 Å². The van der Waals surface area contributed by atoms with Gasteiger partial charge in [-0.15, -0.1) is 0 Å². The molecule has 132 valence electrons. The highest BCUT2D eigenvalue weighted by Crippen LogP contribution is 2.25. The number of nitrogens with zero attached hydrogens (tertiary/aromatic N) is 1. The largest absolute Gasteiger partial charge is 0.452 e. The van der Waals surface area contributed by atoms with Gasteiger partial charge in [0.05, 0.1) is 21.8 Å². The van der Waals surface area contributed by atoms with Gasteiger partial charge in [0.1, 0.15) is 0 Å². The van der Waals surface area contributed by atoms with Crippen molar-refractivity contribution in [3.63, 3.8) is 0 Å². The molecule has 0 fully saturated rings. The molecular weight excluding hydrogens is 375 g/mol. The van der Waals surface area contributed by atoms with Gasteiger partial charge in [0, 0.05) is 16.1 Å². The fraction of sp³-hybridized carbons (Fsp3) is 0.105. The number of nitrogens with one attached hydrogen (secondary N) is 1. The number of anilines is 1. The summed E-state index contributed by atoms with van der Waals surface area (Å²) in [6.07, 6.45) is 0. The van der Waals surface area contributed by atoms with E-state index in [1.54, 1.807) is 31.2 Å². The number of carbonyl (C=O) groups is 2. The van der Waals surface area contributed by atoms with Crippen molar-refractivity contribution in [3.8, 4) is 0 Å². The molecule has 1 amide bonds. The molecule has 3 aromatic rings. The van der Waals surface area contributed by atoms with Crippen molar-refractivity contribution >= 4 is 51.7 Å². The Morgan fingerprint density at radius 3 is 2.69 bits per heavy atom. The van der Waals surface area contributed by atoms with Crippen molar-refractivity contribution in [1.29, 1.82) is 0 Å². The number of para-hydroxylation sites is 1. The molecule has 1 N–H and O–H groups in total. The van der Waals surface area contributed by atoms with Gasteiger partial charge in [-0.1, -0.05) is 41.4 Å². The number of aromatic nitrogens is 1. The second-order valence-electron chi connectivity index (χ2n) is 5.58. The normalized spacial score (nSPS) is 10.6. The lowest BCUT2D eigenvalue weighted by Gasteiger charge is -2.10. The number of aryl methyl sites for hydroxylation is 1. The van der Waals surface area contributed by atoms with Crippen molar-refractivity contribution in [2.45, 2.75) is 6.92 Å². The zero-order valence-electron chi connectivity index (χ0n) is 13.8. The number of benzene rings is 2. The summed E-state index contributed by atoms with van der Waals surface area (Å²) < 4.78 is 5.14. The summed E-state index contributed by atoms with van der Waals surface area (Å²) >= 11 is 11.9. The fourth-order valence-electron chi connectivity index (χ4n) is 2.47. The average Bonchev–Trinajstić information content (AvgIpc) is 2.62. The summed E-state index contributed by atoms with van der Waals surface area (Å²) in [5.41, 5.74) is 2.09. The lowest BCUT2D eigenvalue weighted by molar-refractivity contribution is -0.119. The maximum atomic E-state index is 12.4. The van der Waals surface area contributed by atoms with Gasteiger partial charge >= 0.3 is 5.97 Å². The van der Waals surface area contributed by atoms with Crippen molar-refractivity contribution in [3.05, 3.63) is 69.8 Å². The summed E-state index contributed by atoms with van der Waals surface area (Å²) in [6.45, 7) is 1.34. The molecule has 0 aliphatic heterocycles. The van der Waals surface area contributed by atoms with Crippen LogP contribution < -0.4 is 5.32 Å². The Kier molecular flexibility index (Phi) is 5.40. The highest BCUT2D eigenvalue weighted by molar-refractivity contribution is 6.35. The van der Waals surface area contributed by atoms with Crippen LogP contribution in [-0.2, 0) is 9.53 Å². The van der Waals surface area contributed by atoms with Gasteiger partial charge in [0.25, 0.3) is 5.91 Å². The number of halogens is 2. The first kappa shape index (κ1) is 18.2. The molecule has 0 saturated carbocycles. The van der Waals surface area contributed by atoms with Crippen LogP contribution in [0, 0.1) is 6.92 Å². The van der Waals surface area contributed by atoms with Gasteiger partial charge in [-0.25, -0.2) is 4.79 Å². The van der Waals surface area contributed by atoms with E-state index in [-0.39, 0.29) is 0 Å². The first-order valence-corrected chi connectivity index (χ1v) is 8.48. The van der Waals surface area contributed by atoms with Gasteiger partial charge in [-0.05, 0) is 37.3 Å². The fourth-order valence-corrected chi connectivity index (χ4v) is 2.80. The van der Waals surface area contributed by atoms with Crippen LogP contribution in [-0.4, -0.2) is 23.5 Å². The number of rotatable bonds is 4. The molecule has 0 bridgehead atoms. The molecule has 0 aliphatic rings. The van der Waals surface area contributed by atoms with Crippen molar-refractivity contribution in [2.24, 2.45) is 0 Å². The van der Waals surface area contributed by atoms with Crippen molar-refractivity contribution in [2.75, 3.05) is 11.9 Å². The summed E-state index contributed by atoms with van der Waals surface area (Å²) in [7, 11) is 0. The van der Waals surface area contributed by atoms with E-state index in [2.05, 4.69) is 10.3 Å². The first-order chi connectivity index (χ1) is 12.4. The number of esters is 1. The topological polar surface area (TPSA) is 68.3 Å². The molecule has 0 spiro atoms. The number of fused-ring (bicyclic) bond motifs is 1. The predicted octanol–water partition coefficient (Wildman–Crippen LogP) is 4.65. The molecule has 1 heterocycles. The summed E-state index contributed by atoms with van der Waals surface area (Å²) in [4.78, 5) is 28.8. The van der Waals surface area contributed by atoms with Crippen LogP contribution in [0.5, 0.6) is 0 Å². The third-order valence-electron chi connectivity index (χ3n) is 3.60. The zero-order valence-corrected chi connectivity index (χ0v) is 15.3. The highest BCUT2D eigenvalue weighted by atomic mass is 35.5. The maximum absolute atomic E-state index is 12.4. The van der Waals surface area contributed by atoms with Crippen LogP contribution in [0.1, 0.15) is 16.1 Å². The molecule has 7 heteroatoms. The Hall–Kier alpha value is -2.63. The van der Waals surface area contributed by atoms with Gasteiger partial charge < -0.3 is 10.1 Å². The number of amides is 1. The molecule has 0 aliphatic carbocycles. The Morgan fingerprint density at radius 2 is 1.88 bits per heavy atom. The Morgan fingerprint density at radius 1 is 1.12 bits per heavy atom. The number of ether oxygens (including phenoxy) is 1. The lowest BCUT2D eigenvalue weighted by atomic mass is 10.1. The van der Waals surface area contributed by atoms with E-state index in [9.17, 15) is 9.59 Å². The van der Waals surface area contributed by atoms with Gasteiger partial charge in [0.2, 0.25) is 0 Å². The minimum atomic E-state index is -0.598. The average molecular weight is 389 g/mol. The van der Waals surface area contributed by atoms with Crippen LogP contribution in [0.15, 0.2) is 48.5 Å². The molecule has 26 heavy (non-hydrogen) atoms. The smallest absolute Gasteiger partial charge is 0.339 e. The molecule has 0 atom stereocenters. The number of carbonyl (C=O) groups excluding carboxylic acids is 2. The minimum Gasteiger partial charge on any atom is -0.452 e. The first-order valence-electron chi connectivity index (χ1n) is 7.72. The van der Waals surface area contributed by atoms with Crippen LogP contribution >= 0.6 is 23.2 Å². The standard InChI is InChI=1S/C19H14Cl2N2O3/c1-11-8-14(13-4-2-3-5-16(13)22-11)19(25)26-10-18(24)23-17-9-12(20)6-7-15(17)21/h2-9H,10H2,1H3,(H,23,24). The number of pyridine rings is 1. The predicted molar refractivity (Wildman–Crippen MR) is 102 cm³/mol. The number of hydrogen-bond acceptors (Lipinski definition) is 4. The van der Waals surface area contributed by atoms with Crippen LogP contribution in [0.4, 0.5) is 5.69 Å². The number of hydrogen-bond donors (Lipinski definition) is 1. The zero-order chi connectivity index (χ0) is 18.7. The Balaban J connectivity index is 1.71. The van der Waals surface area contributed by atoms with E-state index in [0.29, 0.717) is 37.9 Å². The molecule has 3 rings (SSSR count). The second-order valence-corrected chi connectivity index (χ2v) is 6.42. The van der Waals surface area contributed by atoms with Crippen molar-refractivity contribution < 1.29 is 14.3 Å². The van der Waals surface area contributed by atoms with E-state index in [4.69, 9.17) is 27.9 Å². The van der Waals surface area contributed by atoms with Gasteiger partial charge in [-0.2, -0.15) is 0 Å². The SMILES string of the molecule is Cc1cc(C(=O)OCC(=O)Nc2cc(Cl)ccc2Cl)c2ccccc2n1. The summed E-state index contributed by atoms with van der Waals surface area (Å²) in [6, 6.07) is 13.6.